The van der Waals surface area contributed by atoms with Crippen LogP contribution in [0, 0.1) is 0 Å². The zero-order chi connectivity index (χ0) is 15.0. The predicted molar refractivity (Wildman–Crippen MR) is 84.3 cm³/mol. The number of oxazole rings is 1. The average molecular weight is 348 g/mol. The van der Waals surface area contributed by atoms with Gasteiger partial charge in [-0.25, -0.2) is 4.79 Å². The lowest BCUT2D eigenvalue weighted by molar-refractivity contribution is 0.178. The van der Waals surface area contributed by atoms with Gasteiger partial charge in [0, 0.05) is 17.9 Å². The molecule has 1 heterocycles. The van der Waals surface area contributed by atoms with Gasteiger partial charge in [-0.05, 0) is 35.4 Å². The second-order valence-electron chi connectivity index (χ2n) is 5.00. The summed E-state index contributed by atoms with van der Waals surface area (Å²) >= 11 is 3.42. The fourth-order valence-electron chi connectivity index (χ4n) is 2.36. The molecule has 0 aliphatic heterocycles. The molecule has 1 aromatic heterocycles. The Hall–Kier alpha value is -1.85. The first kappa shape index (κ1) is 14.1. The summed E-state index contributed by atoms with van der Waals surface area (Å²) in [4.78, 5) is 11.5. The molecule has 1 N–H and O–H groups in total. The summed E-state index contributed by atoms with van der Waals surface area (Å²) in [5, 5.41) is 10.4. The van der Waals surface area contributed by atoms with Crippen molar-refractivity contribution in [2.45, 2.75) is 12.5 Å². The second kappa shape index (κ2) is 5.50. The van der Waals surface area contributed by atoms with E-state index in [4.69, 9.17) is 4.42 Å². The molecule has 0 aliphatic rings. The van der Waals surface area contributed by atoms with Gasteiger partial charge in [-0.2, -0.15) is 0 Å². The molecular formula is C16H14BrNO3. The van der Waals surface area contributed by atoms with Crippen molar-refractivity contribution in [1.29, 1.82) is 0 Å². The Labute approximate surface area is 129 Å². The topological polar surface area (TPSA) is 55.4 Å². The first-order chi connectivity index (χ1) is 10.0. The molecule has 0 fully saturated rings. The molecule has 0 amide bonds. The van der Waals surface area contributed by atoms with E-state index in [1.807, 2.05) is 30.3 Å². The average Bonchev–Trinajstić information content (AvgIpc) is 2.73. The van der Waals surface area contributed by atoms with Crippen molar-refractivity contribution in [2.24, 2.45) is 7.05 Å². The van der Waals surface area contributed by atoms with Crippen LogP contribution in [0.5, 0.6) is 0 Å². The van der Waals surface area contributed by atoms with Gasteiger partial charge in [0.25, 0.3) is 0 Å². The number of nitrogens with zero attached hydrogens (tertiary/aromatic N) is 1. The number of hydrogen-bond acceptors (Lipinski definition) is 3. The Morgan fingerprint density at radius 2 is 2.10 bits per heavy atom. The highest BCUT2D eigenvalue weighted by Gasteiger charge is 2.12. The van der Waals surface area contributed by atoms with Crippen molar-refractivity contribution in [2.75, 3.05) is 0 Å². The molecule has 0 aliphatic carbocycles. The maximum absolute atomic E-state index is 11.5. The van der Waals surface area contributed by atoms with Crippen LogP contribution in [0.15, 0.2) is 56.1 Å². The standard InChI is InChI=1S/C16H14BrNO3/c1-18-13-6-5-11(9-15(13)21-16(18)20)14(19)8-10-3-2-4-12(17)7-10/h2-7,9,14,19H,8H2,1H3. The maximum atomic E-state index is 11.5. The number of aryl methyl sites for hydroxylation is 1. The van der Waals surface area contributed by atoms with Crippen LogP contribution in [0.4, 0.5) is 0 Å². The number of halogens is 1. The van der Waals surface area contributed by atoms with Crippen LogP contribution < -0.4 is 5.76 Å². The van der Waals surface area contributed by atoms with E-state index in [1.165, 1.54) is 4.57 Å². The summed E-state index contributed by atoms with van der Waals surface area (Å²) in [7, 11) is 1.66. The molecule has 108 valence electrons. The van der Waals surface area contributed by atoms with Gasteiger partial charge < -0.3 is 9.52 Å². The van der Waals surface area contributed by atoms with Crippen LogP contribution in [-0.2, 0) is 13.5 Å². The highest BCUT2D eigenvalue weighted by atomic mass is 79.9. The van der Waals surface area contributed by atoms with Crippen molar-refractivity contribution in [3.63, 3.8) is 0 Å². The molecule has 1 unspecified atom stereocenters. The molecule has 2 aromatic carbocycles. The van der Waals surface area contributed by atoms with Crippen molar-refractivity contribution in [1.82, 2.24) is 4.57 Å². The van der Waals surface area contributed by atoms with Gasteiger partial charge in [0.1, 0.15) is 0 Å². The van der Waals surface area contributed by atoms with Crippen LogP contribution in [0.3, 0.4) is 0 Å². The molecule has 21 heavy (non-hydrogen) atoms. The zero-order valence-electron chi connectivity index (χ0n) is 11.4. The highest BCUT2D eigenvalue weighted by molar-refractivity contribution is 9.10. The van der Waals surface area contributed by atoms with E-state index in [0.29, 0.717) is 12.0 Å². The van der Waals surface area contributed by atoms with E-state index >= 15 is 0 Å². The van der Waals surface area contributed by atoms with Crippen LogP contribution in [0.25, 0.3) is 11.1 Å². The first-order valence-electron chi connectivity index (χ1n) is 6.56. The van der Waals surface area contributed by atoms with E-state index < -0.39 is 11.9 Å². The minimum atomic E-state index is -0.644. The van der Waals surface area contributed by atoms with Gasteiger partial charge in [0.15, 0.2) is 5.58 Å². The quantitative estimate of drug-likeness (QED) is 0.791. The van der Waals surface area contributed by atoms with E-state index in [-0.39, 0.29) is 0 Å². The number of aliphatic hydroxyl groups is 1. The van der Waals surface area contributed by atoms with E-state index in [2.05, 4.69) is 15.9 Å². The number of benzene rings is 2. The summed E-state index contributed by atoms with van der Waals surface area (Å²) in [5.41, 5.74) is 2.98. The van der Waals surface area contributed by atoms with Crippen molar-refractivity contribution < 1.29 is 9.52 Å². The number of rotatable bonds is 3. The Morgan fingerprint density at radius 1 is 1.29 bits per heavy atom. The second-order valence-corrected chi connectivity index (χ2v) is 5.92. The molecule has 5 heteroatoms. The molecule has 3 rings (SSSR count). The number of fused-ring (bicyclic) bond motifs is 1. The Kier molecular flexibility index (Phi) is 3.69. The monoisotopic (exact) mass is 347 g/mol. The van der Waals surface area contributed by atoms with Gasteiger partial charge in [0.05, 0.1) is 11.6 Å². The Balaban J connectivity index is 1.91. The summed E-state index contributed by atoms with van der Waals surface area (Å²) in [5.74, 6) is -0.399. The third kappa shape index (κ3) is 2.80. The normalized spacial score (nSPS) is 12.7. The molecule has 0 bridgehead atoms. The van der Waals surface area contributed by atoms with Crippen molar-refractivity contribution in [3.05, 3.63) is 68.6 Å². The summed E-state index contributed by atoms with van der Waals surface area (Å²) in [6, 6.07) is 13.2. The van der Waals surface area contributed by atoms with E-state index in [1.54, 1.807) is 19.2 Å². The lowest BCUT2D eigenvalue weighted by atomic mass is 10.0. The van der Waals surface area contributed by atoms with Crippen molar-refractivity contribution >= 4 is 27.0 Å². The number of hydrogen-bond donors (Lipinski definition) is 1. The smallest absolute Gasteiger partial charge is 0.408 e. The van der Waals surface area contributed by atoms with Crippen LogP contribution in [0.1, 0.15) is 17.2 Å². The fourth-order valence-corrected chi connectivity index (χ4v) is 2.81. The van der Waals surface area contributed by atoms with Crippen LogP contribution >= 0.6 is 15.9 Å². The molecule has 1 atom stereocenters. The predicted octanol–water partition coefficient (Wildman–Crippen LogP) is 3.17. The SMILES string of the molecule is Cn1c(=O)oc2cc(C(O)Cc3cccc(Br)c3)ccc21. The summed E-state index contributed by atoms with van der Waals surface area (Å²) < 4.78 is 7.57. The minimum absolute atomic E-state index is 0.399. The van der Waals surface area contributed by atoms with Gasteiger partial charge >= 0.3 is 5.76 Å². The van der Waals surface area contributed by atoms with Gasteiger partial charge in [-0.15, -0.1) is 0 Å². The Morgan fingerprint density at radius 3 is 2.86 bits per heavy atom. The number of aliphatic hydroxyl groups excluding tert-OH is 1. The van der Waals surface area contributed by atoms with Gasteiger partial charge in [-0.1, -0.05) is 34.1 Å². The molecular weight excluding hydrogens is 334 g/mol. The first-order valence-corrected chi connectivity index (χ1v) is 7.36. The third-order valence-electron chi connectivity index (χ3n) is 3.52. The largest absolute Gasteiger partial charge is 0.419 e. The van der Waals surface area contributed by atoms with Crippen LogP contribution in [-0.4, -0.2) is 9.67 Å². The highest BCUT2D eigenvalue weighted by Crippen LogP contribution is 2.23. The molecule has 0 saturated carbocycles. The summed E-state index contributed by atoms with van der Waals surface area (Å²) in [6.45, 7) is 0. The van der Waals surface area contributed by atoms with Gasteiger partial charge in [0.2, 0.25) is 0 Å². The minimum Gasteiger partial charge on any atom is -0.408 e. The molecule has 3 aromatic rings. The van der Waals surface area contributed by atoms with Gasteiger partial charge in [-0.3, -0.25) is 4.57 Å². The fraction of sp³-hybridized carbons (Fsp3) is 0.188. The Bertz CT molecular complexity index is 850. The summed E-state index contributed by atoms with van der Waals surface area (Å²) in [6.07, 6.45) is -0.142. The molecule has 0 saturated heterocycles. The molecule has 0 spiro atoms. The maximum Gasteiger partial charge on any atom is 0.419 e. The third-order valence-corrected chi connectivity index (χ3v) is 4.01. The number of aromatic nitrogens is 1. The van der Waals surface area contributed by atoms with Crippen molar-refractivity contribution in [3.8, 4) is 0 Å². The lowest BCUT2D eigenvalue weighted by Crippen LogP contribution is -2.08. The molecule has 4 nitrogen and oxygen atoms in total. The van der Waals surface area contributed by atoms with Crippen LogP contribution in [0.2, 0.25) is 0 Å². The van der Waals surface area contributed by atoms with E-state index in [9.17, 15) is 9.90 Å². The molecule has 0 radical (unpaired) electrons. The van der Waals surface area contributed by atoms with E-state index in [0.717, 1.165) is 21.1 Å². The lowest BCUT2D eigenvalue weighted by Gasteiger charge is -2.11. The zero-order valence-corrected chi connectivity index (χ0v) is 13.0.